The van der Waals surface area contributed by atoms with Crippen LogP contribution in [0.15, 0.2) is 192 Å². The second kappa shape index (κ2) is 11.5. The van der Waals surface area contributed by atoms with E-state index in [1.165, 1.54) is 43.4 Å². The van der Waals surface area contributed by atoms with Gasteiger partial charge < -0.3 is 9.32 Å². The van der Waals surface area contributed by atoms with E-state index in [4.69, 9.17) is 4.42 Å². The molecule has 0 atom stereocenters. The van der Waals surface area contributed by atoms with Gasteiger partial charge in [0.25, 0.3) is 0 Å². The maximum atomic E-state index is 6.58. The highest BCUT2D eigenvalue weighted by atomic mass is 16.3. The fourth-order valence-electron chi connectivity index (χ4n) is 7.54. The molecule has 1 heterocycles. The molecule has 234 valence electrons. The van der Waals surface area contributed by atoms with Crippen molar-refractivity contribution in [1.29, 1.82) is 0 Å². The average Bonchev–Trinajstić information content (AvgIpc) is 3.55. The first-order chi connectivity index (χ1) is 24.8. The van der Waals surface area contributed by atoms with Gasteiger partial charge in [0, 0.05) is 33.4 Å². The van der Waals surface area contributed by atoms with Crippen molar-refractivity contribution in [2.24, 2.45) is 0 Å². The zero-order valence-electron chi connectivity index (χ0n) is 27.3. The van der Waals surface area contributed by atoms with Crippen LogP contribution in [0.3, 0.4) is 0 Å². The first-order valence-electron chi connectivity index (χ1n) is 17.1. The number of anilines is 3. The minimum atomic E-state index is 0.913. The summed E-state index contributed by atoms with van der Waals surface area (Å²) >= 11 is 0. The molecule has 2 nitrogen and oxygen atoms in total. The fourth-order valence-corrected chi connectivity index (χ4v) is 7.54. The molecule has 10 rings (SSSR count). The average molecular weight is 638 g/mol. The molecular weight excluding hydrogens is 607 g/mol. The van der Waals surface area contributed by atoms with Crippen molar-refractivity contribution >= 4 is 71.3 Å². The predicted octanol–water partition coefficient (Wildman–Crippen LogP) is 13.8. The van der Waals surface area contributed by atoms with E-state index in [1.807, 2.05) is 0 Å². The standard InChI is InChI=1S/C48H31NO/c1-2-10-32(11-3-1)35-15-8-16-40(28-35)49(41-26-27-43-38(29-41)21-20-33-12-6-7-17-42(33)43)39-24-22-34(23-25-39)44-18-9-19-45-46-30-36-13-4-5-14-37(36)31-47(46)50-48(44)45/h1-31H. The van der Waals surface area contributed by atoms with E-state index in [-0.39, 0.29) is 0 Å². The molecule has 0 N–H and O–H groups in total. The molecule has 0 saturated carbocycles. The highest BCUT2D eigenvalue weighted by Crippen LogP contribution is 2.41. The Morgan fingerprint density at radius 3 is 1.82 bits per heavy atom. The zero-order chi connectivity index (χ0) is 33.0. The molecule has 0 fully saturated rings. The van der Waals surface area contributed by atoms with Gasteiger partial charge in [-0.3, -0.25) is 0 Å². The highest BCUT2D eigenvalue weighted by molar-refractivity contribution is 6.13. The molecule has 0 spiro atoms. The van der Waals surface area contributed by atoms with Gasteiger partial charge >= 0.3 is 0 Å². The van der Waals surface area contributed by atoms with Gasteiger partial charge in [0.15, 0.2) is 0 Å². The van der Waals surface area contributed by atoms with Crippen molar-refractivity contribution in [3.05, 3.63) is 188 Å². The van der Waals surface area contributed by atoms with Gasteiger partial charge in [-0.05, 0) is 97.5 Å². The molecule has 50 heavy (non-hydrogen) atoms. The van der Waals surface area contributed by atoms with Gasteiger partial charge in [0.1, 0.15) is 11.2 Å². The van der Waals surface area contributed by atoms with Crippen molar-refractivity contribution in [1.82, 2.24) is 0 Å². The number of hydrogen-bond acceptors (Lipinski definition) is 2. The summed E-state index contributed by atoms with van der Waals surface area (Å²) in [6.45, 7) is 0. The summed E-state index contributed by atoms with van der Waals surface area (Å²) in [5.74, 6) is 0. The van der Waals surface area contributed by atoms with Crippen LogP contribution in [0.1, 0.15) is 0 Å². The van der Waals surface area contributed by atoms with Crippen molar-refractivity contribution in [2.75, 3.05) is 4.90 Å². The van der Waals surface area contributed by atoms with Crippen LogP contribution in [0.5, 0.6) is 0 Å². The van der Waals surface area contributed by atoms with Crippen LogP contribution in [-0.2, 0) is 0 Å². The largest absolute Gasteiger partial charge is 0.455 e. The predicted molar refractivity (Wildman–Crippen MR) is 212 cm³/mol. The van der Waals surface area contributed by atoms with E-state index in [0.29, 0.717) is 0 Å². The first kappa shape index (κ1) is 28.4. The molecule has 0 aliphatic carbocycles. The summed E-state index contributed by atoms with van der Waals surface area (Å²) < 4.78 is 6.58. The Hall–Kier alpha value is -6.64. The third-order valence-corrected chi connectivity index (χ3v) is 10.00. The third-order valence-electron chi connectivity index (χ3n) is 10.00. The Morgan fingerprint density at radius 2 is 0.960 bits per heavy atom. The molecule has 1 aromatic heterocycles. The smallest absolute Gasteiger partial charge is 0.143 e. The van der Waals surface area contributed by atoms with Crippen molar-refractivity contribution in [3.8, 4) is 22.3 Å². The Labute approximate surface area is 290 Å². The molecule has 2 heteroatoms. The molecule has 10 aromatic rings. The van der Waals surface area contributed by atoms with E-state index in [9.17, 15) is 0 Å². The van der Waals surface area contributed by atoms with Crippen molar-refractivity contribution in [3.63, 3.8) is 0 Å². The summed E-state index contributed by atoms with van der Waals surface area (Å²) in [5, 5.41) is 9.67. The van der Waals surface area contributed by atoms with Crippen molar-refractivity contribution < 1.29 is 4.42 Å². The van der Waals surface area contributed by atoms with Crippen LogP contribution in [0.25, 0.3) is 76.5 Å². The number of furan rings is 1. The van der Waals surface area contributed by atoms with E-state index in [2.05, 4.69) is 193 Å². The lowest BCUT2D eigenvalue weighted by Crippen LogP contribution is -2.10. The number of fused-ring (bicyclic) bond motifs is 7. The summed E-state index contributed by atoms with van der Waals surface area (Å²) in [4.78, 5) is 2.36. The maximum absolute atomic E-state index is 6.58. The number of hydrogen-bond donors (Lipinski definition) is 0. The Bertz CT molecular complexity index is 2870. The lowest BCUT2D eigenvalue weighted by molar-refractivity contribution is 0.670. The molecule has 9 aromatic carbocycles. The van der Waals surface area contributed by atoms with Gasteiger partial charge in [0.2, 0.25) is 0 Å². The molecule has 0 amide bonds. The van der Waals surface area contributed by atoms with Crippen LogP contribution < -0.4 is 4.90 Å². The van der Waals surface area contributed by atoms with E-state index in [0.717, 1.165) is 50.1 Å². The van der Waals surface area contributed by atoms with Gasteiger partial charge in [0.05, 0.1) is 0 Å². The summed E-state index contributed by atoms with van der Waals surface area (Å²) in [6, 6.07) is 67.5. The lowest BCUT2D eigenvalue weighted by atomic mass is 9.99. The molecule has 0 unspecified atom stereocenters. The van der Waals surface area contributed by atoms with Crippen LogP contribution >= 0.6 is 0 Å². The molecule has 0 radical (unpaired) electrons. The topological polar surface area (TPSA) is 16.4 Å². The van der Waals surface area contributed by atoms with Gasteiger partial charge in [-0.15, -0.1) is 0 Å². The minimum absolute atomic E-state index is 0.913. The molecule has 0 saturated heterocycles. The fraction of sp³-hybridized carbons (Fsp3) is 0. The Morgan fingerprint density at radius 1 is 0.320 bits per heavy atom. The highest BCUT2D eigenvalue weighted by Gasteiger charge is 2.17. The van der Waals surface area contributed by atoms with E-state index >= 15 is 0 Å². The van der Waals surface area contributed by atoms with Gasteiger partial charge in [-0.25, -0.2) is 0 Å². The first-order valence-corrected chi connectivity index (χ1v) is 17.1. The second-order valence-electron chi connectivity index (χ2n) is 13.0. The second-order valence-corrected chi connectivity index (χ2v) is 13.0. The zero-order valence-corrected chi connectivity index (χ0v) is 27.3. The van der Waals surface area contributed by atoms with Crippen LogP contribution in [0.4, 0.5) is 17.1 Å². The summed E-state index contributed by atoms with van der Waals surface area (Å²) in [5.41, 5.74) is 9.71. The number of nitrogens with zero attached hydrogens (tertiary/aromatic N) is 1. The van der Waals surface area contributed by atoms with Crippen molar-refractivity contribution in [2.45, 2.75) is 0 Å². The van der Waals surface area contributed by atoms with Gasteiger partial charge in [-0.1, -0.05) is 140 Å². The van der Waals surface area contributed by atoms with Crippen LogP contribution in [-0.4, -0.2) is 0 Å². The summed E-state index contributed by atoms with van der Waals surface area (Å²) in [7, 11) is 0. The molecule has 0 aliphatic heterocycles. The SMILES string of the molecule is c1ccc(-c2cccc(N(c3ccc(-c4cccc5c4oc4cc6ccccc6cc45)cc3)c3ccc4c(ccc5ccccc54)c3)c2)cc1. The number of para-hydroxylation sites is 1. The third kappa shape index (κ3) is 4.73. The van der Waals surface area contributed by atoms with Crippen LogP contribution in [0, 0.1) is 0 Å². The minimum Gasteiger partial charge on any atom is -0.455 e. The number of rotatable bonds is 5. The van der Waals surface area contributed by atoms with Gasteiger partial charge in [-0.2, -0.15) is 0 Å². The molecule has 0 aliphatic rings. The quantitative estimate of drug-likeness (QED) is 0.175. The maximum Gasteiger partial charge on any atom is 0.143 e. The monoisotopic (exact) mass is 637 g/mol. The lowest BCUT2D eigenvalue weighted by Gasteiger charge is -2.27. The molecular formula is C48H31NO. The number of benzene rings is 9. The Kier molecular flexibility index (Phi) is 6.53. The molecule has 0 bridgehead atoms. The summed E-state index contributed by atoms with van der Waals surface area (Å²) in [6.07, 6.45) is 0. The Balaban J connectivity index is 1.11. The normalized spacial score (nSPS) is 11.6. The van der Waals surface area contributed by atoms with Crippen LogP contribution in [0.2, 0.25) is 0 Å². The van der Waals surface area contributed by atoms with E-state index < -0.39 is 0 Å². The van der Waals surface area contributed by atoms with E-state index in [1.54, 1.807) is 0 Å².